The van der Waals surface area contributed by atoms with E-state index in [0.29, 0.717) is 26.0 Å². The highest BCUT2D eigenvalue weighted by Crippen LogP contribution is 2.45. The predicted molar refractivity (Wildman–Crippen MR) is 93.7 cm³/mol. The van der Waals surface area contributed by atoms with Crippen LogP contribution in [-0.4, -0.2) is 15.9 Å². The highest BCUT2D eigenvalue weighted by Gasteiger charge is 2.22. The number of benzene rings is 1. The van der Waals surface area contributed by atoms with Gasteiger partial charge in [-0.2, -0.15) is 0 Å². The summed E-state index contributed by atoms with van der Waals surface area (Å²) in [5.74, 6) is -0.852. The van der Waals surface area contributed by atoms with Gasteiger partial charge < -0.3 is 15.8 Å². The van der Waals surface area contributed by atoms with Crippen molar-refractivity contribution in [3.63, 3.8) is 0 Å². The number of hydrogen-bond acceptors (Lipinski definition) is 6. The fourth-order valence-electron chi connectivity index (χ4n) is 2.54. The van der Waals surface area contributed by atoms with E-state index in [9.17, 15) is 19.1 Å². The number of H-pyrrole nitrogens is 1. The second kappa shape index (κ2) is 5.15. The van der Waals surface area contributed by atoms with Crippen LogP contribution in [0, 0.1) is 5.82 Å². The lowest BCUT2D eigenvalue weighted by molar-refractivity contribution is 0.104. The first-order valence-corrected chi connectivity index (χ1v) is 8.46. The van der Waals surface area contributed by atoms with Gasteiger partial charge in [-0.1, -0.05) is 0 Å². The maximum Gasteiger partial charge on any atom is 0.252 e. The van der Waals surface area contributed by atoms with Crippen molar-refractivity contribution in [2.45, 2.75) is 0 Å². The van der Waals surface area contributed by atoms with E-state index in [-0.39, 0.29) is 17.2 Å². The fourth-order valence-corrected chi connectivity index (χ4v) is 5.04. The second-order valence-corrected chi connectivity index (χ2v) is 7.47. The van der Waals surface area contributed by atoms with Crippen LogP contribution in [0.25, 0.3) is 19.6 Å². The van der Waals surface area contributed by atoms with E-state index in [2.05, 4.69) is 4.98 Å². The van der Waals surface area contributed by atoms with E-state index in [4.69, 9.17) is 5.73 Å². The Kier molecular flexibility index (Phi) is 3.19. The molecule has 0 radical (unpaired) electrons. The van der Waals surface area contributed by atoms with Gasteiger partial charge in [0.25, 0.3) is 5.56 Å². The van der Waals surface area contributed by atoms with Crippen molar-refractivity contribution in [2.75, 3.05) is 5.73 Å². The Balaban J connectivity index is 1.95. The van der Waals surface area contributed by atoms with Crippen molar-refractivity contribution in [1.29, 1.82) is 0 Å². The predicted octanol–water partition coefficient (Wildman–Crippen LogP) is 3.46. The van der Waals surface area contributed by atoms with Gasteiger partial charge in [-0.15, -0.1) is 22.7 Å². The number of halogens is 1. The Morgan fingerprint density at radius 2 is 1.92 bits per heavy atom. The summed E-state index contributed by atoms with van der Waals surface area (Å²) in [5, 5.41) is 10.5. The number of ketones is 1. The van der Waals surface area contributed by atoms with Gasteiger partial charge in [0.05, 0.1) is 25.3 Å². The zero-order valence-corrected chi connectivity index (χ0v) is 13.6. The van der Waals surface area contributed by atoms with Crippen molar-refractivity contribution in [3.05, 3.63) is 56.9 Å². The molecule has 0 atom stereocenters. The number of carbonyl (C=O) groups excluding carboxylic acids is 1. The molecule has 0 aliphatic rings. The third kappa shape index (κ3) is 2.11. The van der Waals surface area contributed by atoms with E-state index >= 15 is 0 Å². The van der Waals surface area contributed by atoms with Crippen molar-refractivity contribution >= 4 is 53.8 Å². The average Bonchev–Trinajstić information content (AvgIpc) is 3.05. The molecule has 4 N–H and O–H groups in total. The number of aromatic hydroxyl groups is 1. The molecule has 0 spiro atoms. The number of thiophene rings is 2. The molecular weight excluding hydrogens is 351 g/mol. The van der Waals surface area contributed by atoms with Gasteiger partial charge in [0.1, 0.15) is 16.4 Å². The average molecular weight is 360 g/mol. The number of anilines is 1. The summed E-state index contributed by atoms with van der Waals surface area (Å²) in [5.41, 5.74) is 6.69. The molecule has 0 bridgehead atoms. The molecule has 8 heteroatoms. The molecule has 120 valence electrons. The van der Waals surface area contributed by atoms with Crippen LogP contribution in [0.3, 0.4) is 0 Å². The van der Waals surface area contributed by atoms with Crippen LogP contribution in [0.4, 0.5) is 10.1 Å². The lowest BCUT2D eigenvalue weighted by atomic mass is 10.1. The molecular formula is C16H9FN2O3S2. The lowest BCUT2D eigenvalue weighted by Gasteiger charge is -2.00. The van der Waals surface area contributed by atoms with Gasteiger partial charge in [0.2, 0.25) is 5.78 Å². The summed E-state index contributed by atoms with van der Waals surface area (Å²) >= 11 is 2.44. The third-order valence-electron chi connectivity index (χ3n) is 3.65. The van der Waals surface area contributed by atoms with Gasteiger partial charge in [-0.05, 0) is 24.3 Å². The Labute approximate surface area is 141 Å². The number of nitrogen functional groups attached to an aromatic ring is 1. The van der Waals surface area contributed by atoms with E-state index in [1.807, 2.05) is 0 Å². The monoisotopic (exact) mass is 360 g/mol. The number of hydrogen-bond donors (Lipinski definition) is 3. The number of pyridine rings is 1. The van der Waals surface area contributed by atoms with Crippen molar-refractivity contribution < 1.29 is 14.3 Å². The quantitative estimate of drug-likeness (QED) is 0.477. The molecule has 4 aromatic rings. The Morgan fingerprint density at radius 1 is 1.21 bits per heavy atom. The third-order valence-corrected chi connectivity index (χ3v) is 6.15. The SMILES string of the molecule is Nc1c(C(=O)c2ccc(F)cc2)sc2sc3c(O)cc(=O)[nH]c3c12. The second-order valence-electron chi connectivity index (χ2n) is 5.17. The molecule has 0 unspecified atom stereocenters. The van der Waals surface area contributed by atoms with Crippen molar-refractivity contribution in [1.82, 2.24) is 4.98 Å². The topological polar surface area (TPSA) is 96.2 Å². The lowest BCUT2D eigenvalue weighted by Crippen LogP contribution is -2.03. The number of carbonyl (C=O) groups is 1. The molecule has 3 aromatic heterocycles. The number of rotatable bonds is 2. The molecule has 3 heterocycles. The van der Waals surface area contributed by atoms with Gasteiger partial charge in [0.15, 0.2) is 0 Å². The zero-order chi connectivity index (χ0) is 17.0. The smallest absolute Gasteiger partial charge is 0.252 e. The number of nitrogens with two attached hydrogens (primary N) is 1. The Morgan fingerprint density at radius 3 is 2.62 bits per heavy atom. The van der Waals surface area contributed by atoms with Gasteiger partial charge in [-0.3, -0.25) is 9.59 Å². The number of aromatic amines is 1. The van der Waals surface area contributed by atoms with E-state index in [1.165, 1.54) is 46.9 Å². The summed E-state index contributed by atoms with van der Waals surface area (Å²) < 4.78 is 14.3. The summed E-state index contributed by atoms with van der Waals surface area (Å²) in [6.07, 6.45) is 0. The molecule has 0 amide bonds. The molecule has 0 fully saturated rings. The minimum absolute atomic E-state index is 0.118. The maximum atomic E-state index is 13.0. The van der Waals surface area contributed by atoms with E-state index < -0.39 is 11.4 Å². The molecule has 4 rings (SSSR count). The van der Waals surface area contributed by atoms with Gasteiger partial charge >= 0.3 is 0 Å². The molecule has 0 saturated heterocycles. The highest BCUT2D eigenvalue weighted by molar-refractivity contribution is 7.42. The van der Waals surface area contributed by atoms with Crippen LogP contribution in [0.1, 0.15) is 15.2 Å². The molecule has 0 aliphatic heterocycles. The maximum absolute atomic E-state index is 13.0. The first kappa shape index (κ1) is 14.9. The minimum Gasteiger partial charge on any atom is -0.506 e. The van der Waals surface area contributed by atoms with Crippen LogP contribution in [0.15, 0.2) is 35.1 Å². The number of aromatic nitrogens is 1. The number of nitrogens with one attached hydrogen (secondary N) is 1. The van der Waals surface area contributed by atoms with Crippen LogP contribution in [0.2, 0.25) is 0 Å². The van der Waals surface area contributed by atoms with Crippen LogP contribution in [-0.2, 0) is 0 Å². The Hall–Kier alpha value is -2.71. The largest absolute Gasteiger partial charge is 0.506 e. The normalized spacial score (nSPS) is 11.4. The van der Waals surface area contributed by atoms with Crippen molar-refractivity contribution in [3.8, 4) is 5.75 Å². The molecule has 0 aliphatic carbocycles. The summed E-state index contributed by atoms with van der Waals surface area (Å²) in [6, 6.07) is 6.32. The standard InChI is InChI=1S/C16H9FN2O3S2/c17-7-3-1-6(2-4-7)13(22)15-11(18)10-12-14(23-16(10)24-15)8(20)5-9(21)19-12/h1-5H,18H2,(H2,19,20,21). The first-order chi connectivity index (χ1) is 11.5. The van der Waals surface area contributed by atoms with Gasteiger partial charge in [0, 0.05) is 11.6 Å². The summed E-state index contributed by atoms with van der Waals surface area (Å²) in [6.45, 7) is 0. The molecule has 5 nitrogen and oxygen atoms in total. The zero-order valence-electron chi connectivity index (χ0n) is 11.9. The van der Waals surface area contributed by atoms with Crippen LogP contribution >= 0.6 is 22.7 Å². The van der Waals surface area contributed by atoms with Gasteiger partial charge in [-0.25, -0.2) is 4.39 Å². The van der Waals surface area contributed by atoms with Crippen LogP contribution < -0.4 is 11.3 Å². The highest BCUT2D eigenvalue weighted by atomic mass is 32.2. The number of fused-ring (bicyclic) bond motifs is 3. The van der Waals surface area contributed by atoms with Crippen LogP contribution in [0.5, 0.6) is 5.75 Å². The fraction of sp³-hybridized carbons (Fsp3) is 0. The minimum atomic E-state index is -0.447. The van der Waals surface area contributed by atoms with E-state index in [0.717, 1.165) is 10.1 Å². The molecule has 0 saturated carbocycles. The first-order valence-electron chi connectivity index (χ1n) is 6.82. The van der Waals surface area contributed by atoms with Crippen molar-refractivity contribution in [2.24, 2.45) is 0 Å². The Bertz CT molecular complexity index is 1170. The molecule has 1 aromatic carbocycles. The molecule has 24 heavy (non-hydrogen) atoms. The summed E-state index contributed by atoms with van der Waals surface area (Å²) in [4.78, 5) is 27.2. The van der Waals surface area contributed by atoms with E-state index in [1.54, 1.807) is 0 Å². The summed E-state index contributed by atoms with van der Waals surface area (Å²) in [7, 11) is 0.